The molecule has 0 aliphatic carbocycles. The Labute approximate surface area is 111 Å². The van der Waals surface area contributed by atoms with E-state index in [0.717, 1.165) is 5.76 Å². The van der Waals surface area contributed by atoms with Crippen LogP contribution in [0.25, 0.3) is 0 Å². The monoisotopic (exact) mass is 269 g/mol. The number of carbonyl (C=O) groups is 1. The Morgan fingerprint density at radius 2 is 2.11 bits per heavy atom. The zero-order valence-corrected chi connectivity index (χ0v) is 11.9. The molecule has 0 atom stereocenters. The lowest BCUT2D eigenvalue weighted by molar-refractivity contribution is 0.243. The Hall–Kier alpha value is -1.43. The Morgan fingerprint density at radius 1 is 1.44 bits per heavy atom. The molecule has 2 amide bonds. The van der Waals surface area contributed by atoms with Gasteiger partial charge in [0.1, 0.15) is 11.5 Å². The van der Waals surface area contributed by atoms with E-state index in [1.165, 1.54) is 11.8 Å². The van der Waals surface area contributed by atoms with Gasteiger partial charge in [0.25, 0.3) is 0 Å². The molecule has 1 aromatic rings. The molecule has 0 aliphatic heterocycles. The van der Waals surface area contributed by atoms with Crippen molar-refractivity contribution < 1.29 is 9.21 Å². The van der Waals surface area contributed by atoms with Gasteiger partial charge in [-0.3, -0.25) is 10.7 Å². The van der Waals surface area contributed by atoms with Crippen molar-refractivity contribution in [3.8, 4) is 0 Å². The number of amides is 2. The Bertz CT molecular complexity index is 435. The summed E-state index contributed by atoms with van der Waals surface area (Å²) in [4.78, 5) is 11.4. The van der Waals surface area contributed by atoms with E-state index in [-0.39, 0.29) is 10.6 Å². The maximum absolute atomic E-state index is 11.4. The first kappa shape index (κ1) is 14.6. The van der Waals surface area contributed by atoms with Crippen LogP contribution in [0.3, 0.4) is 0 Å². The largest absolute Gasteiger partial charge is 0.464 e. The van der Waals surface area contributed by atoms with Crippen LogP contribution in [-0.2, 0) is 12.0 Å². The number of amidine groups is 1. The lowest BCUT2D eigenvalue weighted by atomic mass is 9.94. The summed E-state index contributed by atoms with van der Waals surface area (Å²) in [5, 5.41) is 12.4. The van der Waals surface area contributed by atoms with Gasteiger partial charge >= 0.3 is 6.03 Å². The molecule has 100 valence electrons. The molecule has 18 heavy (non-hydrogen) atoms. The second-order valence-corrected chi connectivity index (χ2v) is 5.67. The molecule has 0 aromatic carbocycles. The third kappa shape index (κ3) is 4.44. The van der Waals surface area contributed by atoms with Crippen LogP contribution in [0.5, 0.6) is 0 Å². The number of rotatable bonds is 2. The van der Waals surface area contributed by atoms with Crippen molar-refractivity contribution in [1.29, 1.82) is 5.41 Å². The molecule has 0 unspecified atom stereocenters. The summed E-state index contributed by atoms with van der Waals surface area (Å²) in [6, 6.07) is 3.36. The Morgan fingerprint density at radius 3 is 2.61 bits per heavy atom. The average Bonchev–Trinajstić information content (AvgIpc) is 2.74. The topological polar surface area (TPSA) is 78.1 Å². The Balaban J connectivity index is 2.47. The van der Waals surface area contributed by atoms with Crippen molar-refractivity contribution in [3.05, 3.63) is 23.7 Å². The summed E-state index contributed by atoms with van der Waals surface area (Å²) in [6.45, 7) is 6.50. The minimum absolute atomic E-state index is 0.0402. The van der Waals surface area contributed by atoms with Gasteiger partial charge in [-0.15, -0.1) is 0 Å². The van der Waals surface area contributed by atoms with Gasteiger partial charge in [-0.2, -0.15) is 0 Å². The zero-order valence-electron chi connectivity index (χ0n) is 11.1. The van der Waals surface area contributed by atoms with E-state index in [2.05, 4.69) is 31.4 Å². The molecular weight excluding hydrogens is 250 g/mol. The summed E-state index contributed by atoms with van der Waals surface area (Å²) in [6.07, 6.45) is 1.73. The number of thioether (sulfide) groups is 1. The van der Waals surface area contributed by atoms with Gasteiger partial charge in [-0.1, -0.05) is 32.5 Å². The SMILES string of the molecule is CSC(=N)NC(=O)NCc1ccc(C(C)(C)C)o1. The second kappa shape index (κ2) is 5.95. The van der Waals surface area contributed by atoms with Crippen molar-refractivity contribution in [2.24, 2.45) is 0 Å². The summed E-state index contributed by atoms with van der Waals surface area (Å²) in [5.74, 6) is 1.59. The summed E-state index contributed by atoms with van der Waals surface area (Å²) in [7, 11) is 0. The van der Waals surface area contributed by atoms with Crippen molar-refractivity contribution in [2.45, 2.75) is 32.7 Å². The third-order valence-electron chi connectivity index (χ3n) is 2.26. The molecule has 0 radical (unpaired) electrons. The molecule has 0 spiro atoms. The molecule has 0 fully saturated rings. The summed E-state index contributed by atoms with van der Waals surface area (Å²) in [5.41, 5.74) is -0.0402. The van der Waals surface area contributed by atoms with Gasteiger partial charge in [0.15, 0.2) is 5.17 Å². The van der Waals surface area contributed by atoms with Gasteiger partial charge in [0, 0.05) is 5.41 Å². The van der Waals surface area contributed by atoms with Crippen molar-refractivity contribution in [1.82, 2.24) is 10.6 Å². The molecule has 3 N–H and O–H groups in total. The molecule has 0 bridgehead atoms. The highest BCUT2D eigenvalue weighted by molar-refractivity contribution is 8.13. The number of carbonyl (C=O) groups excluding carboxylic acids is 1. The fraction of sp³-hybridized carbons (Fsp3) is 0.500. The minimum atomic E-state index is -0.400. The van der Waals surface area contributed by atoms with E-state index in [1.807, 2.05) is 12.1 Å². The third-order valence-corrected chi connectivity index (χ3v) is 2.77. The molecule has 1 rings (SSSR count). The van der Waals surface area contributed by atoms with E-state index in [0.29, 0.717) is 12.3 Å². The van der Waals surface area contributed by atoms with Gasteiger partial charge in [-0.05, 0) is 18.4 Å². The number of urea groups is 1. The van der Waals surface area contributed by atoms with Crippen LogP contribution in [0, 0.1) is 5.41 Å². The summed E-state index contributed by atoms with van der Waals surface area (Å²) >= 11 is 1.17. The van der Waals surface area contributed by atoms with Crippen LogP contribution >= 0.6 is 11.8 Å². The van der Waals surface area contributed by atoms with E-state index < -0.39 is 6.03 Å². The normalized spacial score (nSPS) is 11.1. The van der Waals surface area contributed by atoms with Crippen LogP contribution in [0.15, 0.2) is 16.5 Å². The molecular formula is C12H19N3O2S. The van der Waals surface area contributed by atoms with E-state index in [4.69, 9.17) is 9.83 Å². The standard InChI is InChI=1S/C12H19N3O2S/c1-12(2,3)9-6-5-8(17-9)7-14-11(16)15-10(13)18-4/h5-6H,7H2,1-4H3,(H3,13,14,15,16). The van der Waals surface area contributed by atoms with Crippen LogP contribution in [-0.4, -0.2) is 17.5 Å². The fourth-order valence-electron chi connectivity index (χ4n) is 1.24. The van der Waals surface area contributed by atoms with Crippen molar-refractivity contribution in [3.63, 3.8) is 0 Å². The van der Waals surface area contributed by atoms with Crippen molar-refractivity contribution in [2.75, 3.05) is 6.26 Å². The molecule has 6 heteroatoms. The van der Waals surface area contributed by atoms with Crippen LogP contribution in [0.2, 0.25) is 0 Å². The Kier molecular flexibility index (Phi) is 4.84. The average molecular weight is 269 g/mol. The molecule has 0 aliphatic rings. The van der Waals surface area contributed by atoms with E-state index in [9.17, 15) is 4.79 Å². The number of nitrogens with one attached hydrogen (secondary N) is 3. The van der Waals surface area contributed by atoms with Crippen LogP contribution in [0.4, 0.5) is 4.79 Å². The first-order valence-electron chi connectivity index (χ1n) is 5.59. The quantitative estimate of drug-likeness (QED) is 0.570. The lowest BCUT2D eigenvalue weighted by Gasteiger charge is -2.14. The first-order chi connectivity index (χ1) is 8.32. The van der Waals surface area contributed by atoms with Gasteiger partial charge in [0.2, 0.25) is 0 Å². The number of furan rings is 1. The molecule has 5 nitrogen and oxygen atoms in total. The number of hydrogen-bond acceptors (Lipinski definition) is 4. The highest BCUT2D eigenvalue weighted by Crippen LogP contribution is 2.24. The van der Waals surface area contributed by atoms with Crippen LogP contribution in [0.1, 0.15) is 32.3 Å². The highest BCUT2D eigenvalue weighted by atomic mass is 32.2. The predicted molar refractivity (Wildman–Crippen MR) is 74.0 cm³/mol. The van der Waals surface area contributed by atoms with Gasteiger partial charge in [0.05, 0.1) is 6.54 Å². The van der Waals surface area contributed by atoms with Gasteiger partial charge in [-0.25, -0.2) is 4.79 Å². The van der Waals surface area contributed by atoms with Gasteiger partial charge < -0.3 is 9.73 Å². The van der Waals surface area contributed by atoms with E-state index in [1.54, 1.807) is 6.26 Å². The smallest absolute Gasteiger partial charge is 0.321 e. The highest BCUT2D eigenvalue weighted by Gasteiger charge is 2.18. The molecule has 0 saturated carbocycles. The van der Waals surface area contributed by atoms with E-state index >= 15 is 0 Å². The fourth-order valence-corrected chi connectivity index (χ4v) is 1.44. The lowest BCUT2D eigenvalue weighted by Crippen LogP contribution is -2.37. The molecule has 0 saturated heterocycles. The van der Waals surface area contributed by atoms with Crippen molar-refractivity contribution >= 4 is 23.0 Å². The minimum Gasteiger partial charge on any atom is -0.464 e. The summed E-state index contributed by atoms with van der Waals surface area (Å²) < 4.78 is 5.63. The van der Waals surface area contributed by atoms with Crippen LogP contribution < -0.4 is 10.6 Å². The first-order valence-corrected chi connectivity index (χ1v) is 6.82. The second-order valence-electron chi connectivity index (χ2n) is 4.86. The zero-order chi connectivity index (χ0) is 13.8. The molecule has 1 heterocycles. The maximum atomic E-state index is 11.4. The maximum Gasteiger partial charge on any atom is 0.321 e. The molecule has 1 aromatic heterocycles. The predicted octanol–water partition coefficient (Wildman–Crippen LogP) is 2.67. The number of hydrogen-bond donors (Lipinski definition) is 3.